The number of halogens is 1. The number of carbonyl (C=O) groups is 2. The van der Waals surface area contributed by atoms with Crippen LogP contribution in [-0.4, -0.2) is 69.6 Å². The van der Waals surface area contributed by atoms with Gasteiger partial charge in [0.1, 0.15) is 11.9 Å². The Morgan fingerprint density at radius 2 is 1.96 bits per heavy atom. The third kappa shape index (κ3) is 2.49. The average Bonchev–Trinajstić information content (AvgIpc) is 2.81. The van der Waals surface area contributed by atoms with Gasteiger partial charge in [-0.2, -0.15) is 4.31 Å². The Labute approximate surface area is 136 Å². The Balaban J connectivity index is 2.02. The first-order valence-corrected chi connectivity index (χ1v) is 8.55. The van der Waals surface area contributed by atoms with Crippen LogP contribution in [0.5, 0.6) is 0 Å². The first-order valence-electron chi connectivity index (χ1n) is 7.11. The average molecular weight is 359 g/mol. The summed E-state index contributed by atoms with van der Waals surface area (Å²) in [6, 6.07) is -1.25. The lowest BCUT2D eigenvalue weighted by atomic mass is 10.1. The van der Waals surface area contributed by atoms with E-state index in [0.717, 1.165) is 27.5 Å². The van der Waals surface area contributed by atoms with Crippen molar-refractivity contribution in [1.29, 1.82) is 0 Å². The lowest BCUT2D eigenvalue weighted by Crippen LogP contribution is -2.64. The molecule has 3 heterocycles. The van der Waals surface area contributed by atoms with Crippen LogP contribution in [0.15, 0.2) is 23.4 Å². The van der Waals surface area contributed by atoms with E-state index < -0.39 is 51.1 Å². The van der Waals surface area contributed by atoms with E-state index in [4.69, 9.17) is 0 Å². The molecular weight excluding hydrogens is 345 g/mol. The van der Waals surface area contributed by atoms with Gasteiger partial charge in [0.15, 0.2) is 5.03 Å². The molecule has 2 N–H and O–H groups in total. The first-order chi connectivity index (χ1) is 11.2. The summed E-state index contributed by atoms with van der Waals surface area (Å²) in [5, 5.41) is 18.3. The Hall–Kier alpha value is -2.27. The predicted octanol–water partition coefficient (Wildman–Crippen LogP) is 0.189. The zero-order chi connectivity index (χ0) is 17.6. The van der Waals surface area contributed by atoms with Crippen LogP contribution < -0.4 is 0 Å². The van der Waals surface area contributed by atoms with E-state index in [-0.39, 0.29) is 13.0 Å². The van der Waals surface area contributed by atoms with Gasteiger partial charge in [0, 0.05) is 12.6 Å². The largest absolute Gasteiger partial charge is 0.480 e. The summed E-state index contributed by atoms with van der Waals surface area (Å²) in [6.07, 6.45) is 0.0938. The van der Waals surface area contributed by atoms with Gasteiger partial charge in [-0.25, -0.2) is 22.6 Å². The van der Waals surface area contributed by atoms with E-state index >= 15 is 0 Å². The number of rotatable bonds is 3. The van der Waals surface area contributed by atoms with Crippen molar-refractivity contribution in [1.82, 2.24) is 14.2 Å². The second kappa shape index (κ2) is 5.67. The molecule has 0 spiro atoms. The number of nitrogens with zero attached hydrogens (tertiary/aromatic N) is 3. The minimum absolute atomic E-state index is 0.261. The van der Waals surface area contributed by atoms with Crippen LogP contribution in [0.4, 0.5) is 9.18 Å². The van der Waals surface area contributed by atoms with Crippen LogP contribution in [0.1, 0.15) is 12.8 Å². The zero-order valence-electron chi connectivity index (χ0n) is 12.2. The van der Waals surface area contributed by atoms with Gasteiger partial charge in [-0.15, -0.1) is 0 Å². The number of carboxylic acids is 1. The zero-order valence-corrected chi connectivity index (χ0v) is 13.1. The molecule has 2 fully saturated rings. The van der Waals surface area contributed by atoms with Crippen molar-refractivity contribution >= 4 is 22.1 Å². The van der Waals surface area contributed by atoms with Crippen LogP contribution in [0, 0.1) is 5.82 Å². The smallest absolute Gasteiger partial charge is 0.407 e. The summed E-state index contributed by atoms with van der Waals surface area (Å²) >= 11 is 0. The molecule has 0 aliphatic carbocycles. The van der Waals surface area contributed by atoms with Gasteiger partial charge in [0.2, 0.25) is 0 Å². The van der Waals surface area contributed by atoms with Gasteiger partial charge in [-0.3, -0.25) is 9.69 Å². The highest BCUT2D eigenvalue weighted by Crippen LogP contribution is 2.37. The summed E-state index contributed by atoms with van der Waals surface area (Å²) in [5.74, 6) is -2.16. The third-order valence-corrected chi connectivity index (χ3v) is 6.12. The number of amides is 1. The van der Waals surface area contributed by atoms with Gasteiger partial charge >= 0.3 is 12.1 Å². The molecule has 1 aromatic rings. The fourth-order valence-corrected chi connectivity index (χ4v) is 4.95. The molecule has 3 atom stereocenters. The molecule has 0 unspecified atom stereocenters. The number of fused-ring (bicyclic) bond motifs is 2. The fraction of sp³-hybridized carbons (Fsp3) is 0.462. The standard InChI is InChI=1S/C13H14FN3O6S/c14-7-1-4-10(15-5-7)24(22,23)16-6-8-2-3-9(11(16)12(18)19)17(8)13(20)21/h1,4-5,8-9,11H,2-3,6H2,(H,18,19)(H,20,21)/t8-,9+,11+/m1/s1. The summed E-state index contributed by atoms with van der Waals surface area (Å²) in [4.78, 5) is 27.5. The molecular formula is C13H14FN3O6S. The maximum Gasteiger partial charge on any atom is 0.407 e. The van der Waals surface area contributed by atoms with Crippen LogP contribution in [0.2, 0.25) is 0 Å². The molecule has 2 aliphatic heterocycles. The van der Waals surface area contributed by atoms with Crippen LogP contribution in [0.3, 0.4) is 0 Å². The number of sulfonamides is 1. The topological polar surface area (TPSA) is 128 Å². The first kappa shape index (κ1) is 16.6. The number of pyridine rings is 1. The molecule has 3 rings (SSSR count). The molecule has 2 bridgehead atoms. The second-order valence-corrected chi connectivity index (χ2v) is 7.50. The number of aromatic nitrogens is 1. The fourth-order valence-electron chi connectivity index (χ4n) is 3.38. The molecule has 2 saturated heterocycles. The Morgan fingerprint density at radius 3 is 2.50 bits per heavy atom. The summed E-state index contributed by atoms with van der Waals surface area (Å²) in [6.45, 7) is -0.277. The van der Waals surface area contributed by atoms with Gasteiger partial charge in [0.05, 0.1) is 12.2 Å². The van der Waals surface area contributed by atoms with Gasteiger partial charge in [-0.05, 0) is 25.0 Å². The van der Waals surface area contributed by atoms with E-state index in [1.807, 2.05) is 0 Å². The van der Waals surface area contributed by atoms with Crippen molar-refractivity contribution in [3.8, 4) is 0 Å². The molecule has 1 aromatic heterocycles. The molecule has 0 radical (unpaired) electrons. The number of hydrogen-bond acceptors (Lipinski definition) is 5. The molecule has 130 valence electrons. The normalized spacial score (nSPS) is 27.2. The second-order valence-electron chi connectivity index (χ2n) is 5.66. The van der Waals surface area contributed by atoms with E-state index in [9.17, 15) is 32.6 Å². The summed E-state index contributed by atoms with van der Waals surface area (Å²) < 4.78 is 39.2. The van der Waals surface area contributed by atoms with Gasteiger partial charge in [-0.1, -0.05) is 0 Å². The number of carboxylic acid groups (broad SMARTS) is 2. The molecule has 0 saturated carbocycles. The highest BCUT2D eigenvalue weighted by Gasteiger charge is 2.55. The lowest BCUT2D eigenvalue weighted by molar-refractivity contribution is -0.144. The minimum Gasteiger partial charge on any atom is -0.480 e. The maximum atomic E-state index is 13.0. The van der Waals surface area contributed by atoms with E-state index in [2.05, 4.69) is 4.98 Å². The van der Waals surface area contributed by atoms with E-state index in [1.165, 1.54) is 0 Å². The minimum atomic E-state index is -4.29. The van der Waals surface area contributed by atoms with Gasteiger partial charge < -0.3 is 10.2 Å². The quantitative estimate of drug-likeness (QED) is 0.788. The van der Waals surface area contributed by atoms with Gasteiger partial charge in [0.25, 0.3) is 10.0 Å². The molecule has 11 heteroatoms. The maximum absolute atomic E-state index is 13.0. The molecule has 0 aromatic carbocycles. The van der Waals surface area contributed by atoms with Crippen molar-refractivity contribution in [3.63, 3.8) is 0 Å². The lowest BCUT2D eigenvalue weighted by Gasteiger charge is -2.42. The Kier molecular flexibility index (Phi) is 3.92. The molecule has 1 amide bonds. The monoisotopic (exact) mass is 359 g/mol. The van der Waals surface area contributed by atoms with Crippen molar-refractivity contribution in [2.45, 2.75) is 36.0 Å². The van der Waals surface area contributed by atoms with Crippen LogP contribution in [-0.2, 0) is 14.8 Å². The number of aliphatic carboxylic acids is 1. The van der Waals surface area contributed by atoms with E-state index in [1.54, 1.807) is 0 Å². The Morgan fingerprint density at radius 1 is 1.25 bits per heavy atom. The highest BCUT2D eigenvalue weighted by atomic mass is 32.2. The van der Waals surface area contributed by atoms with Crippen molar-refractivity contribution in [2.75, 3.05) is 6.54 Å². The van der Waals surface area contributed by atoms with Crippen molar-refractivity contribution in [3.05, 3.63) is 24.1 Å². The van der Waals surface area contributed by atoms with Crippen LogP contribution >= 0.6 is 0 Å². The number of hydrogen-bond donors (Lipinski definition) is 2. The van der Waals surface area contributed by atoms with E-state index in [0.29, 0.717) is 6.42 Å². The van der Waals surface area contributed by atoms with Crippen molar-refractivity contribution in [2.24, 2.45) is 0 Å². The summed E-state index contributed by atoms with van der Waals surface area (Å²) in [7, 11) is -4.29. The number of piperazine rings is 1. The highest BCUT2D eigenvalue weighted by molar-refractivity contribution is 7.89. The Bertz CT molecular complexity index is 783. The molecule has 24 heavy (non-hydrogen) atoms. The SMILES string of the molecule is O=C(O)[C@@H]1[C@@H]2CC[C@H](CN1S(=O)(=O)c1ccc(F)cn1)N2C(=O)O. The van der Waals surface area contributed by atoms with Crippen LogP contribution in [0.25, 0.3) is 0 Å². The molecule has 2 aliphatic rings. The predicted molar refractivity (Wildman–Crippen MR) is 76.2 cm³/mol. The summed E-state index contributed by atoms with van der Waals surface area (Å²) in [5.41, 5.74) is 0. The van der Waals surface area contributed by atoms with Crippen molar-refractivity contribution < 1.29 is 32.6 Å². The molecule has 9 nitrogen and oxygen atoms in total. The third-order valence-electron chi connectivity index (χ3n) is 4.36.